The molecular formula is C16H18N2O6. The number of amides is 2. The number of carbonyl (C=O) groups excluding carboxylic acids is 4. The minimum Gasteiger partial charge on any atom is -0.468 e. The topological polar surface area (TPSA) is 102 Å². The Morgan fingerprint density at radius 2 is 1.75 bits per heavy atom. The molecule has 2 rings (SSSR count). The number of hydrogen-bond acceptors (Lipinski definition) is 6. The molecule has 0 spiro atoms. The Kier molecular flexibility index (Phi) is 5.51. The van der Waals surface area contributed by atoms with E-state index in [1.54, 1.807) is 24.3 Å². The smallest absolute Gasteiger partial charge is 0.329 e. The average Bonchev–Trinajstić information content (AvgIpc) is 2.71. The van der Waals surface area contributed by atoms with Crippen LogP contribution in [0, 0.1) is 5.92 Å². The van der Waals surface area contributed by atoms with Gasteiger partial charge in [0.2, 0.25) is 11.8 Å². The van der Waals surface area contributed by atoms with E-state index >= 15 is 0 Å². The summed E-state index contributed by atoms with van der Waals surface area (Å²) < 4.78 is 9.22. The van der Waals surface area contributed by atoms with Crippen LogP contribution >= 0.6 is 0 Å². The van der Waals surface area contributed by atoms with Gasteiger partial charge in [0.15, 0.2) is 5.92 Å². The van der Waals surface area contributed by atoms with Gasteiger partial charge in [0.25, 0.3) is 0 Å². The van der Waals surface area contributed by atoms with Gasteiger partial charge in [-0.05, 0) is 5.56 Å². The summed E-state index contributed by atoms with van der Waals surface area (Å²) in [6.07, 6.45) is 0. The van der Waals surface area contributed by atoms with E-state index in [0.717, 1.165) is 19.8 Å². The Morgan fingerprint density at radius 1 is 1.12 bits per heavy atom. The van der Waals surface area contributed by atoms with Crippen molar-refractivity contribution in [2.24, 2.45) is 5.92 Å². The third kappa shape index (κ3) is 3.70. The molecule has 2 amide bonds. The molecule has 2 atom stereocenters. The molecule has 0 unspecified atom stereocenters. The lowest BCUT2D eigenvalue weighted by molar-refractivity contribution is -0.160. The molecule has 1 aromatic carbocycles. The summed E-state index contributed by atoms with van der Waals surface area (Å²) in [5.41, 5.74) is 0.791. The minimum atomic E-state index is -1.49. The van der Waals surface area contributed by atoms with Crippen molar-refractivity contribution in [2.75, 3.05) is 20.8 Å². The third-order valence-electron chi connectivity index (χ3n) is 3.69. The fourth-order valence-corrected chi connectivity index (χ4v) is 2.52. The summed E-state index contributed by atoms with van der Waals surface area (Å²) in [6, 6.07) is 7.59. The van der Waals surface area contributed by atoms with Crippen LogP contribution in [0.4, 0.5) is 0 Å². The summed E-state index contributed by atoms with van der Waals surface area (Å²) in [6.45, 7) is -0.136. The van der Waals surface area contributed by atoms with Gasteiger partial charge in [-0.25, -0.2) is 4.79 Å². The van der Waals surface area contributed by atoms with Gasteiger partial charge in [0, 0.05) is 6.54 Å². The number of benzene rings is 1. The molecule has 0 aromatic heterocycles. The van der Waals surface area contributed by atoms with Crippen molar-refractivity contribution in [2.45, 2.75) is 12.6 Å². The van der Waals surface area contributed by atoms with E-state index in [-0.39, 0.29) is 13.1 Å². The fraction of sp³-hybridized carbons (Fsp3) is 0.375. The Morgan fingerprint density at radius 3 is 2.33 bits per heavy atom. The number of carbonyl (C=O) groups is 4. The molecule has 1 aromatic rings. The molecule has 0 saturated carbocycles. The Hall–Kier alpha value is -2.90. The molecule has 0 bridgehead atoms. The lowest BCUT2D eigenvalue weighted by Gasteiger charge is -2.24. The Labute approximate surface area is 138 Å². The molecule has 24 heavy (non-hydrogen) atoms. The second kappa shape index (κ2) is 7.58. The summed E-state index contributed by atoms with van der Waals surface area (Å²) in [5.74, 6) is -4.50. The van der Waals surface area contributed by atoms with E-state index in [9.17, 15) is 19.2 Å². The quantitative estimate of drug-likeness (QED) is 0.587. The van der Waals surface area contributed by atoms with E-state index in [1.807, 2.05) is 6.07 Å². The van der Waals surface area contributed by atoms with Gasteiger partial charge < -0.3 is 19.7 Å². The molecule has 1 saturated heterocycles. The van der Waals surface area contributed by atoms with Gasteiger partial charge in [-0.2, -0.15) is 0 Å². The standard InChI is InChI=1S/C16H18N2O6/c1-23-15(21)12-13(16(22)24-2)17-11(19)9-18(14(12)20)8-10-6-4-3-5-7-10/h3-7,12-13H,8-9H2,1-2H3,(H,17,19)/t12-,13+/m1/s1. The van der Waals surface area contributed by atoms with Crippen molar-refractivity contribution in [1.29, 1.82) is 0 Å². The Bertz CT molecular complexity index is 645. The molecule has 0 aliphatic carbocycles. The number of nitrogens with one attached hydrogen (secondary N) is 1. The first-order valence-electron chi connectivity index (χ1n) is 7.25. The predicted molar refractivity (Wildman–Crippen MR) is 81.3 cm³/mol. The second-order valence-electron chi connectivity index (χ2n) is 5.25. The summed E-state index contributed by atoms with van der Waals surface area (Å²) in [5, 5.41) is 2.36. The zero-order chi connectivity index (χ0) is 17.7. The molecule has 8 nitrogen and oxygen atoms in total. The molecule has 1 fully saturated rings. The number of ether oxygens (including phenoxy) is 2. The van der Waals surface area contributed by atoms with Crippen LogP contribution in [0.5, 0.6) is 0 Å². The van der Waals surface area contributed by atoms with E-state index in [1.165, 1.54) is 4.90 Å². The predicted octanol–water partition coefficient (Wildman–Crippen LogP) is -0.524. The van der Waals surface area contributed by atoms with Gasteiger partial charge in [0.1, 0.15) is 6.04 Å². The van der Waals surface area contributed by atoms with Crippen molar-refractivity contribution < 1.29 is 28.7 Å². The van der Waals surface area contributed by atoms with Crippen molar-refractivity contribution in [1.82, 2.24) is 10.2 Å². The minimum absolute atomic E-state index is 0.133. The lowest BCUT2D eigenvalue weighted by Crippen LogP contribution is -2.51. The zero-order valence-corrected chi connectivity index (χ0v) is 13.4. The highest BCUT2D eigenvalue weighted by molar-refractivity contribution is 6.06. The average molecular weight is 334 g/mol. The van der Waals surface area contributed by atoms with Gasteiger partial charge in [-0.15, -0.1) is 0 Å². The van der Waals surface area contributed by atoms with Crippen LogP contribution in [-0.4, -0.2) is 55.5 Å². The normalized spacial score (nSPS) is 20.8. The Balaban J connectivity index is 2.34. The monoisotopic (exact) mass is 334 g/mol. The molecule has 128 valence electrons. The van der Waals surface area contributed by atoms with Crippen LogP contribution < -0.4 is 5.32 Å². The maximum Gasteiger partial charge on any atom is 0.329 e. The van der Waals surface area contributed by atoms with Crippen LogP contribution in [0.25, 0.3) is 0 Å². The van der Waals surface area contributed by atoms with Crippen LogP contribution in [0.3, 0.4) is 0 Å². The largest absolute Gasteiger partial charge is 0.468 e. The van der Waals surface area contributed by atoms with Crippen molar-refractivity contribution in [3.05, 3.63) is 35.9 Å². The molecule has 1 aliphatic heterocycles. The first-order chi connectivity index (χ1) is 11.5. The highest BCUT2D eigenvalue weighted by Gasteiger charge is 2.46. The van der Waals surface area contributed by atoms with Crippen molar-refractivity contribution >= 4 is 23.8 Å². The number of hydrogen-bond donors (Lipinski definition) is 1. The van der Waals surface area contributed by atoms with Crippen LogP contribution in [-0.2, 0) is 35.2 Å². The first kappa shape index (κ1) is 17.5. The summed E-state index contributed by atoms with van der Waals surface area (Å²) in [7, 11) is 2.22. The third-order valence-corrected chi connectivity index (χ3v) is 3.69. The first-order valence-corrected chi connectivity index (χ1v) is 7.25. The molecular weight excluding hydrogens is 316 g/mol. The van der Waals surface area contributed by atoms with Gasteiger partial charge >= 0.3 is 11.9 Å². The van der Waals surface area contributed by atoms with Gasteiger partial charge in [-0.3, -0.25) is 14.4 Å². The number of nitrogens with zero attached hydrogens (tertiary/aromatic N) is 1. The van der Waals surface area contributed by atoms with Crippen LogP contribution in [0.1, 0.15) is 5.56 Å². The maximum atomic E-state index is 12.8. The van der Waals surface area contributed by atoms with E-state index in [0.29, 0.717) is 0 Å². The molecule has 1 heterocycles. The van der Waals surface area contributed by atoms with E-state index in [2.05, 4.69) is 14.8 Å². The maximum absolute atomic E-state index is 12.8. The van der Waals surface area contributed by atoms with Gasteiger partial charge in [-0.1, -0.05) is 30.3 Å². The summed E-state index contributed by atoms with van der Waals surface area (Å²) >= 11 is 0. The van der Waals surface area contributed by atoms with Gasteiger partial charge in [0.05, 0.1) is 20.8 Å². The number of methoxy groups -OCH3 is 2. The molecule has 1 aliphatic rings. The molecule has 0 radical (unpaired) electrons. The van der Waals surface area contributed by atoms with Crippen LogP contribution in [0.2, 0.25) is 0 Å². The van der Waals surface area contributed by atoms with E-state index in [4.69, 9.17) is 0 Å². The second-order valence-corrected chi connectivity index (χ2v) is 5.25. The summed E-state index contributed by atoms with van der Waals surface area (Å²) in [4.78, 5) is 49.9. The SMILES string of the molecule is COC(=O)[C@H]1C(=O)N(Cc2ccccc2)CC(=O)N[C@@H]1C(=O)OC. The highest BCUT2D eigenvalue weighted by atomic mass is 16.5. The highest BCUT2D eigenvalue weighted by Crippen LogP contribution is 2.18. The van der Waals surface area contributed by atoms with Crippen molar-refractivity contribution in [3.8, 4) is 0 Å². The zero-order valence-electron chi connectivity index (χ0n) is 13.4. The lowest BCUT2D eigenvalue weighted by atomic mass is 9.98. The molecule has 8 heteroatoms. The van der Waals surface area contributed by atoms with E-state index < -0.39 is 35.7 Å². The van der Waals surface area contributed by atoms with Crippen molar-refractivity contribution in [3.63, 3.8) is 0 Å². The number of esters is 2. The fourth-order valence-electron chi connectivity index (χ4n) is 2.52. The molecule has 1 N–H and O–H groups in total. The van der Waals surface area contributed by atoms with Crippen LogP contribution in [0.15, 0.2) is 30.3 Å². The number of rotatable bonds is 4.